The molecule has 1 heterocycles. The number of hydrogen-bond acceptors (Lipinski definition) is 3. The Labute approximate surface area is 142 Å². The van der Waals surface area contributed by atoms with Gasteiger partial charge >= 0.3 is 0 Å². The summed E-state index contributed by atoms with van der Waals surface area (Å²) in [6.45, 7) is 6.56. The van der Waals surface area contributed by atoms with E-state index in [1.54, 1.807) is 0 Å². The highest BCUT2D eigenvalue weighted by Gasteiger charge is 2.22. The predicted molar refractivity (Wildman–Crippen MR) is 94.9 cm³/mol. The Balaban J connectivity index is 1.77. The van der Waals surface area contributed by atoms with E-state index in [0.29, 0.717) is 24.5 Å². The summed E-state index contributed by atoms with van der Waals surface area (Å²) in [6, 6.07) is 11.8. The second kappa shape index (κ2) is 6.95. The third kappa shape index (κ3) is 3.70. The molecule has 0 saturated carbocycles. The number of anilines is 1. The number of carbonyl (C=O) groups is 1. The molecular formula is C20H23NO3. The zero-order valence-electron chi connectivity index (χ0n) is 14.4. The molecule has 1 amide bonds. The summed E-state index contributed by atoms with van der Waals surface area (Å²) in [5.74, 6) is 1.47. The zero-order valence-corrected chi connectivity index (χ0v) is 14.4. The first-order valence-corrected chi connectivity index (χ1v) is 8.37. The molecule has 0 saturated heterocycles. The molecule has 24 heavy (non-hydrogen) atoms. The van der Waals surface area contributed by atoms with E-state index in [1.807, 2.05) is 57.2 Å². The number of amides is 1. The zero-order chi connectivity index (χ0) is 17.1. The minimum absolute atomic E-state index is 0.0641. The van der Waals surface area contributed by atoms with Crippen molar-refractivity contribution in [3.05, 3.63) is 53.1 Å². The van der Waals surface area contributed by atoms with Gasteiger partial charge in [0, 0.05) is 18.1 Å². The van der Waals surface area contributed by atoms with Crippen molar-refractivity contribution in [1.82, 2.24) is 0 Å². The van der Waals surface area contributed by atoms with Crippen molar-refractivity contribution in [2.75, 3.05) is 11.9 Å². The Morgan fingerprint density at radius 3 is 2.75 bits per heavy atom. The minimum atomic E-state index is -0.0641. The van der Waals surface area contributed by atoms with Gasteiger partial charge in [0.1, 0.15) is 17.6 Å². The normalized spacial score (nSPS) is 15.5. The largest absolute Gasteiger partial charge is 0.492 e. The lowest BCUT2D eigenvalue weighted by atomic mass is 10.1. The van der Waals surface area contributed by atoms with Crippen molar-refractivity contribution < 1.29 is 14.3 Å². The SMILES string of the molecule is CCOc1cc2c(cc1NC(=O)Cc1ccc(C)cc1)O[C@@H](C)C2. The van der Waals surface area contributed by atoms with Gasteiger partial charge in [-0.25, -0.2) is 0 Å². The number of aryl methyl sites for hydroxylation is 1. The molecule has 2 aromatic carbocycles. The molecule has 126 valence electrons. The van der Waals surface area contributed by atoms with Crippen LogP contribution in [0.5, 0.6) is 11.5 Å². The van der Waals surface area contributed by atoms with Crippen LogP contribution in [0.25, 0.3) is 0 Å². The molecule has 0 fully saturated rings. The molecule has 2 aromatic rings. The molecule has 0 aromatic heterocycles. The van der Waals surface area contributed by atoms with Crippen LogP contribution in [-0.2, 0) is 17.6 Å². The first-order chi connectivity index (χ1) is 11.5. The summed E-state index contributed by atoms with van der Waals surface area (Å²) in [6.07, 6.45) is 1.36. The van der Waals surface area contributed by atoms with Crippen molar-refractivity contribution in [3.63, 3.8) is 0 Å². The van der Waals surface area contributed by atoms with Crippen molar-refractivity contribution in [2.45, 2.75) is 39.7 Å². The van der Waals surface area contributed by atoms with Crippen LogP contribution in [-0.4, -0.2) is 18.6 Å². The summed E-state index contributed by atoms with van der Waals surface area (Å²) in [4.78, 5) is 12.4. The lowest BCUT2D eigenvalue weighted by Crippen LogP contribution is -2.15. The van der Waals surface area contributed by atoms with E-state index in [2.05, 4.69) is 5.32 Å². The molecule has 0 bridgehead atoms. The number of carbonyl (C=O) groups excluding carboxylic acids is 1. The molecule has 1 aliphatic rings. The highest BCUT2D eigenvalue weighted by Crippen LogP contribution is 2.38. The van der Waals surface area contributed by atoms with Gasteiger partial charge in [0.25, 0.3) is 0 Å². The lowest BCUT2D eigenvalue weighted by molar-refractivity contribution is -0.115. The predicted octanol–water partition coefficient (Wildman–Crippen LogP) is 3.90. The van der Waals surface area contributed by atoms with Crippen molar-refractivity contribution in [2.24, 2.45) is 0 Å². The van der Waals surface area contributed by atoms with Gasteiger partial charge < -0.3 is 14.8 Å². The Hall–Kier alpha value is -2.49. The second-order valence-electron chi connectivity index (χ2n) is 6.23. The fourth-order valence-electron chi connectivity index (χ4n) is 2.90. The van der Waals surface area contributed by atoms with Gasteiger partial charge in [0.05, 0.1) is 18.7 Å². The van der Waals surface area contributed by atoms with E-state index < -0.39 is 0 Å². The number of hydrogen-bond donors (Lipinski definition) is 1. The third-order valence-electron chi connectivity index (χ3n) is 4.06. The second-order valence-corrected chi connectivity index (χ2v) is 6.23. The van der Waals surface area contributed by atoms with Crippen LogP contribution >= 0.6 is 0 Å². The van der Waals surface area contributed by atoms with Crippen LogP contribution in [0, 0.1) is 6.92 Å². The quantitative estimate of drug-likeness (QED) is 0.907. The average molecular weight is 325 g/mol. The smallest absolute Gasteiger partial charge is 0.228 e. The standard InChI is InChI=1S/C20H23NO3/c1-4-23-19-11-16-9-14(3)24-18(16)12-17(19)21-20(22)10-15-7-5-13(2)6-8-15/h5-8,11-12,14H,4,9-10H2,1-3H3,(H,21,22)/t14-/m0/s1. The number of ether oxygens (including phenoxy) is 2. The van der Waals surface area contributed by atoms with Gasteiger partial charge in [-0.1, -0.05) is 29.8 Å². The number of rotatable bonds is 5. The molecular weight excluding hydrogens is 302 g/mol. The summed E-state index contributed by atoms with van der Waals surface area (Å²) >= 11 is 0. The van der Waals surface area contributed by atoms with Gasteiger partial charge in [-0.3, -0.25) is 4.79 Å². The maximum absolute atomic E-state index is 12.4. The summed E-state index contributed by atoms with van der Waals surface area (Å²) in [5.41, 5.74) is 3.97. The molecule has 0 unspecified atom stereocenters. The molecule has 4 heteroatoms. The maximum Gasteiger partial charge on any atom is 0.228 e. The van der Waals surface area contributed by atoms with Crippen molar-refractivity contribution >= 4 is 11.6 Å². The first-order valence-electron chi connectivity index (χ1n) is 8.37. The molecule has 1 aliphatic heterocycles. The van der Waals surface area contributed by atoms with Crippen molar-refractivity contribution in [3.8, 4) is 11.5 Å². The Morgan fingerprint density at radius 2 is 2.04 bits per heavy atom. The van der Waals surface area contributed by atoms with Crippen molar-refractivity contribution in [1.29, 1.82) is 0 Å². The maximum atomic E-state index is 12.4. The Bertz CT molecular complexity index is 737. The van der Waals surface area contributed by atoms with Gasteiger partial charge in [-0.15, -0.1) is 0 Å². The Morgan fingerprint density at radius 1 is 1.29 bits per heavy atom. The molecule has 1 atom stereocenters. The number of benzene rings is 2. The lowest BCUT2D eigenvalue weighted by Gasteiger charge is -2.13. The van der Waals surface area contributed by atoms with E-state index in [-0.39, 0.29) is 12.0 Å². The van der Waals surface area contributed by atoms with Gasteiger partial charge in [-0.2, -0.15) is 0 Å². The van der Waals surface area contributed by atoms with E-state index >= 15 is 0 Å². The summed E-state index contributed by atoms with van der Waals surface area (Å²) in [5, 5.41) is 2.96. The van der Waals surface area contributed by atoms with Gasteiger partial charge in [0.2, 0.25) is 5.91 Å². The minimum Gasteiger partial charge on any atom is -0.492 e. The average Bonchev–Trinajstić information content (AvgIpc) is 2.89. The monoisotopic (exact) mass is 325 g/mol. The van der Waals surface area contributed by atoms with Crippen LogP contribution < -0.4 is 14.8 Å². The van der Waals surface area contributed by atoms with E-state index in [9.17, 15) is 4.79 Å². The molecule has 3 rings (SSSR count). The fraction of sp³-hybridized carbons (Fsp3) is 0.350. The van der Waals surface area contributed by atoms with Crippen LogP contribution in [0.15, 0.2) is 36.4 Å². The molecule has 4 nitrogen and oxygen atoms in total. The fourth-order valence-corrected chi connectivity index (χ4v) is 2.90. The van der Waals surface area contributed by atoms with Crippen LogP contribution in [0.2, 0.25) is 0 Å². The molecule has 0 radical (unpaired) electrons. The molecule has 1 N–H and O–H groups in total. The first kappa shape index (κ1) is 16.4. The number of fused-ring (bicyclic) bond motifs is 1. The van der Waals surface area contributed by atoms with Crippen LogP contribution in [0.4, 0.5) is 5.69 Å². The molecule has 0 aliphatic carbocycles. The highest BCUT2D eigenvalue weighted by atomic mass is 16.5. The van der Waals surface area contributed by atoms with E-state index in [1.165, 1.54) is 5.56 Å². The van der Waals surface area contributed by atoms with E-state index in [0.717, 1.165) is 23.3 Å². The highest BCUT2D eigenvalue weighted by molar-refractivity contribution is 5.94. The van der Waals surface area contributed by atoms with E-state index in [4.69, 9.17) is 9.47 Å². The van der Waals surface area contributed by atoms with Gasteiger partial charge in [0.15, 0.2) is 0 Å². The summed E-state index contributed by atoms with van der Waals surface area (Å²) < 4.78 is 11.5. The number of nitrogens with one attached hydrogen (secondary N) is 1. The van der Waals surface area contributed by atoms with Crippen LogP contribution in [0.1, 0.15) is 30.5 Å². The molecule has 0 spiro atoms. The van der Waals surface area contributed by atoms with Crippen LogP contribution in [0.3, 0.4) is 0 Å². The topological polar surface area (TPSA) is 47.6 Å². The Kier molecular flexibility index (Phi) is 4.74. The van der Waals surface area contributed by atoms with Gasteiger partial charge in [-0.05, 0) is 32.4 Å². The summed E-state index contributed by atoms with van der Waals surface area (Å²) in [7, 11) is 0. The third-order valence-corrected chi connectivity index (χ3v) is 4.06.